The van der Waals surface area contributed by atoms with Gasteiger partial charge in [0, 0.05) is 23.5 Å². The Morgan fingerprint density at radius 2 is 2.28 bits per heavy atom. The second kappa shape index (κ2) is 5.06. The molecule has 1 heterocycles. The van der Waals surface area contributed by atoms with Gasteiger partial charge in [0.05, 0.1) is 4.92 Å². The Labute approximate surface area is 113 Å². The molecule has 0 aromatic heterocycles. The first-order valence-electron chi connectivity index (χ1n) is 5.68. The zero-order valence-corrected chi connectivity index (χ0v) is 11.5. The van der Waals surface area contributed by atoms with Gasteiger partial charge in [0.1, 0.15) is 5.56 Å². The first-order valence-corrected chi connectivity index (χ1v) is 6.59. The van der Waals surface area contributed by atoms with Crippen LogP contribution in [0.15, 0.2) is 18.2 Å². The van der Waals surface area contributed by atoms with Gasteiger partial charge in [-0.25, -0.2) is 0 Å². The Kier molecular flexibility index (Phi) is 3.65. The molecule has 5 nitrogen and oxygen atoms in total. The summed E-state index contributed by atoms with van der Waals surface area (Å²) in [7, 11) is 0. The summed E-state index contributed by atoms with van der Waals surface area (Å²) in [6.45, 7) is 2.88. The molecule has 0 N–H and O–H groups in total. The van der Waals surface area contributed by atoms with Gasteiger partial charge in [0.25, 0.3) is 11.6 Å². The molecule has 1 fully saturated rings. The molecule has 0 spiro atoms. The van der Waals surface area contributed by atoms with Gasteiger partial charge in [-0.2, -0.15) is 0 Å². The highest BCUT2D eigenvalue weighted by molar-refractivity contribution is 9.09. The predicted molar refractivity (Wildman–Crippen MR) is 71.1 cm³/mol. The van der Waals surface area contributed by atoms with Gasteiger partial charge >= 0.3 is 0 Å². The van der Waals surface area contributed by atoms with Crippen molar-refractivity contribution in [1.82, 2.24) is 4.90 Å². The number of nitrogens with zero attached hydrogens (tertiary/aromatic N) is 2. The summed E-state index contributed by atoms with van der Waals surface area (Å²) in [6.07, 6.45) is 0.880. The van der Waals surface area contributed by atoms with Crippen LogP contribution < -0.4 is 0 Å². The number of alkyl halides is 1. The number of hydrogen-bond donors (Lipinski definition) is 0. The first kappa shape index (κ1) is 13.0. The fourth-order valence-corrected chi connectivity index (χ4v) is 2.70. The van der Waals surface area contributed by atoms with Crippen molar-refractivity contribution in [2.75, 3.05) is 13.1 Å². The molecule has 0 saturated carbocycles. The molecule has 1 aromatic rings. The van der Waals surface area contributed by atoms with E-state index in [2.05, 4.69) is 15.9 Å². The van der Waals surface area contributed by atoms with Gasteiger partial charge in [-0.05, 0) is 19.4 Å². The zero-order chi connectivity index (χ0) is 13.3. The number of rotatable bonds is 2. The number of nitro benzene ring substituents is 1. The third kappa shape index (κ3) is 2.38. The second-order valence-electron chi connectivity index (χ2n) is 4.37. The van der Waals surface area contributed by atoms with Crippen LogP contribution in [-0.4, -0.2) is 33.6 Å². The predicted octanol–water partition coefficient (Wildman–Crippen LogP) is 2.51. The molecule has 2 rings (SSSR count). The van der Waals surface area contributed by atoms with Gasteiger partial charge in [-0.15, -0.1) is 0 Å². The molecule has 1 unspecified atom stereocenters. The maximum atomic E-state index is 12.3. The molecule has 0 aliphatic carbocycles. The van der Waals surface area contributed by atoms with E-state index >= 15 is 0 Å². The van der Waals surface area contributed by atoms with Gasteiger partial charge in [-0.1, -0.05) is 28.1 Å². The number of halogens is 1. The monoisotopic (exact) mass is 312 g/mol. The highest BCUT2D eigenvalue weighted by atomic mass is 79.9. The molecule has 96 valence electrons. The molecule has 6 heteroatoms. The van der Waals surface area contributed by atoms with E-state index in [-0.39, 0.29) is 22.0 Å². The number of aryl methyl sites for hydroxylation is 1. The van der Waals surface area contributed by atoms with Crippen LogP contribution in [0.3, 0.4) is 0 Å². The molecule has 1 saturated heterocycles. The lowest BCUT2D eigenvalue weighted by Crippen LogP contribution is -2.29. The van der Waals surface area contributed by atoms with Gasteiger partial charge in [-0.3, -0.25) is 14.9 Å². The molecule has 1 aromatic carbocycles. The molecule has 0 radical (unpaired) electrons. The third-order valence-corrected chi connectivity index (χ3v) is 3.82. The first-order chi connectivity index (χ1) is 8.50. The van der Waals surface area contributed by atoms with Crippen LogP contribution in [0.5, 0.6) is 0 Å². The number of nitro groups is 1. The Morgan fingerprint density at radius 3 is 2.83 bits per heavy atom. The van der Waals surface area contributed by atoms with Crippen molar-refractivity contribution in [1.29, 1.82) is 0 Å². The van der Waals surface area contributed by atoms with E-state index in [1.807, 2.05) is 0 Å². The van der Waals surface area contributed by atoms with E-state index in [1.54, 1.807) is 24.0 Å². The number of amides is 1. The standard InChI is InChI=1S/C12H13BrN2O3/c1-8-3-2-4-10(11(8)15(17)18)12(16)14-6-5-9(13)7-14/h2-4,9H,5-7H2,1H3. The van der Waals surface area contributed by atoms with E-state index in [1.165, 1.54) is 6.07 Å². The van der Waals surface area contributed by atoms with E-state index in [0.29, 0.717) is 18.7 Å². The smallest absolute Gasteiger partial charge is 0.285 e. The summed E-state index contributed by atoms with van der Waals surface area (Å²) in [5.41, 5.74) is 0.613. The van der Waals surface area contributed by atoms with Crippen LogP contribution in [0.4, 0.5) is 5.69 Å². The lowest BCUT2D eigenvalue weighted by molar-refractivity contribution is -0.385. The van der Waals surface area contributed by atoms with Crippen molar-refractivity contribution in [3.05, 3.63) is 39.4 Å². The van der Waals surface area contributed by atoms with Crippen molar-refractivity contribution < 1.29 is 9.72 Å². The lowest BCUT2D eigenvalue weighted by Gasteiger charge is -2.15. The van der Waals surface area contributed by atoms with Gasteiger partial charge in [0.2, 0.25) is 0 Å². The van der Waals surface area contributed by atoms with E-state index < -0.39 is 4.92 Å². The number of para-hydroxylation sites is 1. The summed E-state index contributed by atoms with van der Waals surface area (Å²) >= 11 is 3.45. The van der Waals surface area contributed by atoms with Crippen LogP contribution in [0.2, 0.25) is 0 Å². The number of likely N-dealkylation sites (tertiary alicyclic amines) is 1. The van der Waals surface area contributed by atoms with Crippen LogP contribution in [0.1, 0.15) is 22.3 Å². The van der Waals surface area contributed by atoms with Crippen molar-refractivity contribution >= 4 is 27.5 Å². The largest absolute Gasteiger partial charge is 0.337 e. The van der Waals surface area contributed by atoms with Crippen molar-refractivity contribution in [3.8, 4) is 0 Å². The van der Waals surface area contributed by atoms with Gasteiger partial charge < -0.3 is 4.90 Å². The zero-order valence-electron chi connectivity index (χ0n) is 9.93. The van der Waals surface area contributed by atoms with Crippen LogP contribution in [-0.2, 0) is 0 Å². The fourth-order valence-electron chi connectivity index (χ4n) is 2.15. The molecular weight excluding hydrogens is 300 g/mol. The molecular formula is C12H13BrN2O3. The minimum Gasteiger partial charge on any atom is -0.337 e. The average Bonchev–Trinajstić information content (AvgIpc) is 2.74. The quantitative estimate of drug-likeness (QED) is 0.479. The Balaban J connectivity index is 2.36. The molecule has 1 aliphatic rings. The highest BCUT2D eigenvalue weighted by Gasteiger charge is 2.30. The number of hydrogen-bond acceptors (Lipinski definition) is 3. The van der Waals surface area contributed by atoms with Crippen LogP contribution >= 0.6 is 15.9 Å². The Morgan fingerprint density at radius 1 is 1.56 bits per heavy atom. The second-order valence-corrected chi connectivity index (χ2v) is 5.66. The minimum absolute atomic E-state index is 0.0828. The molecule has 18 heavy (non-hydrogen) atoms. The third-order valence-electron chi connectivity index (χ3n) is 3.07. The van der Waals surface area contributed by atoms with Crippen LogP contribution in [0.25, 0.3) is 0 Å². The lowest BCUT2D eigenvalue weighted by atomic mass is 10.1. The Hall–Kier alpha value is -1.43. The SMILES string of the molecule is Cc1cccc(C(=O)N2CCC(Br)C2)c1[N+](=O)[O-]. The van der Waals surface area contributed by atoms with Gasteiger partial charge in [0.15, 0.2) is 0 Å². The summed E-state index contributed by atoms with van der Waals surface area (Å²) in [5, 5.41) is 11.1. The van der Waals surface area contributed by atoms with E-state index in [4.69, 9.17) is 0 Å². The number of carbonyl (C=O) groups excluding carboxylic acids is 1. The van der Waals surface area contributed by atoms with E-state index in [9.17, 15) is 14.9 Å². The van der Waals surface area contributed by atoms with Crippen molar-refractivity contribution in [2.45, 2.75) is 18.2 Å². The summed E-state index contributed by atoms with van der Waals surface area (Å²) in [4.78, 5) is 24.8. The Bertz CT molecular complexity index is 504. The molecule has 1 amide bonds. The molecule has 1 aliphatic heterocycles. The van der Waals surface area contributed by atoms with E-state index in [0.717, 1.165) is 6.42 Å². The summed E-state index contributed by atoms with van der Waals surface area (Å²) in [5.74, 6) is -0.257. The van der Waals surface area contributed by atoms with Crippen molar-refractivity contribution in [3.63, 3.8) is 0 Å². The molecule has 0 bridgehead atoms. The topological polar surface area (TPSA) is 63.5 Å². The number of benzene rings is 1. The minimum atomic E-state index is -0.482. The number of carbonyl (C=O) groups is 1. The average molecular weight is 313 g/mol. The maximum Gasteiger partial charge on any atom is 0.285 e. The normalized spacial score (nSPS) is 19.0. The summed E-state index contributed by atoms with van der Waals surface area (Å²) < 4.78 is 0. The van der Waals surface area contributed by atoms with Crippen LogP contribution in [0, 0.1) is 17.0 Å². The fraction of sp³-hybridized carbons (Fsp3) is 0.417. The maximum absolute atomic E-state index is 12.3. The highest BCUT2D eigenvalue weighted by Crippen LogP contribution is 2.26. The van der Waals surface area contributed by atoms with Crippen molar-refractivity contribution in [2.24, 2.45) is 0 Å². The molecule has 1 atom stereocenters. The summed E-state index contributed by atoms with van der Waals surface area (Å²) in [6, 6.07) is 4.85.